The van der Waals surface area contributed by atoms with Gasteiger partial charge in [-0.15, -0.1) is 11.3 Å². The molecule has 0 unspecified atom stereocenters. The van der Waals surface area contributed by atoms with Crippen LogP contribution in [0, 0.1) is 11.7 Å². The lowest BCUT2D eigenvalue weighted by Gasteiger charge is -2.26. The van der Waals surface area contributed by atoms with Gasteiger partial charge in [-0.05, 0) is 29.7 Å². The number of benzene rings is 1. The van der Waals surface area contributed by atoms with E-state index in [0.29, 0.717) is 41.3 Å². The van der Waals surface area contributed by atoms with Crippen molar-refractivity contribution in [1.29, 1.82) is 0 Å². The third kappa shape index (κ3) is 6.98. The zero-order valence-electron chi connectivity index (χ0n) is 23.5. The summed E-state index contributed by atoms with van der Waals surface area (Å²) in [5.41, 5.74) is 1.76. The number of thiophene rings is 1. The van der Waals surface area contributed by atoms with E-state index in [1.807, 2.05) is 19.9 Å². The fraction of sp³-hybridized carbons (Fsp3) is 0.400. The average molecular weight is 580 g/mol. The summed E-state index contributed by atoms with van der Waals surface area (Å²) in [6, 6.07) is 8.20. The molecule has 11 heteroatoms. The average Bonchev–Trinajstić information content (AvgIpc) is 3.54. The lowest BCUT2D eigenvalue weighted by molar-refractivity contribution is -0.119. The molecule has 3 aromatic heterocycles. The van der Waals surface area contributed by atoms with E-state index in [2.05, 4.69) is 20.2 Å². The molecule has 4 heterocycles. The summed E-state index contributed by atoms with van der Waals surface area (Å²) in [6.45, 7) is 8.46. The van der Waals surface area contributed by atoms with Crippen LogP contribution in [-0.4, -0.2) is 70.5 Å². The van der Waals surface area contributed by atoms with Crippen molar-refractivity contribution < 1.29 is 23.5 Å². The summed E-state index contributed by atoms with van der Waals surface area (Å²) in [5, 5.41) is 2.98. The number of morpholine rings is 1. The summed E-state index contributed by atoms with van der Waals surface area (Å²) in [4.78, 5) is 37.0. The van der Waals surface area contributed by atoms with E-state index < -0.39 is 5.82 Å². The summed E-state index contributed by atoms with van der Waals surface area (Å²) in [6.07, 6.45) is 3.83. The summed E-state index contributed by atoms with van der Waals surface area (Å²) < 4.78 is 28.8. The van der Waals surface area contributed by atoms with Gasteiger partial charge in [-0.1, -0.05) is 19.9 Å². The number of pyridine rings is 1. The second kappa shape index (κ2) is 12.9. The predicted molar refractivity (Wildman–Crippen MR) is 156 cm³/mol. The van der Waals surface area contributed by atoms with Crippen LogP contribution < -0.4 is 10.1 Å². The first-order valence-electron chi connectivity index (χ1n) is 13.8. The van der Waals surface area contributed by atoms with Gasteiger partial charge in [0.15, 0.2) is 11.6 Å². The van der Waals surface area contributed by atoms with Crippen LogP contribution in [-0.2, 0) is 23.0 Å². The number of hydrogen-bond acceptors (Lipinski definition) is 8. The van der Waals surface area contributed by atoms with Crippen molar-refractivity contribution >= 4 is 33.2 Å². The molecule has 0 bridgehead atoms. The normalized spacial score (nSPS) is 14.1. The quantitative estimate of drug-likeness (QED) is 0.271. The number of carbonyl (C=O) groups excluding carboxylic acids is 2. The minimum absolute atomic E-state index is 0.0699. The third-order valence-corrected chi connectivity index (χ3v) is 8.02. The van der Waals surface area contributed by atoms with E-state index in [4.69, 9.17) is 9.47 Å². The van der Waals surface area contributed by atoms with Crippen LogP contribution in [0.3, 0.4) is 0 Å². The van der Waals surface area contributed by atoms with Gasteiger partial charge in [-0.2, -0.15) is 0 Å². The fourth-order valence-electron chi connectivity index (χ4n) is 4.81. The highest BCUT2D eigenvalue weighted by Crippen LogP contribution is 2.39. The molecule has 1 amide bonds. The molecule has 1 fully saturated rings. The Morgan fingerprint density at radius 3 is 2.71 bits per heavy atom. The smallest absolute Gasteiger partial charge is 0.269 e. The van der Waals surface area contributed by atoms with Crippen molar-refractivity contribution in [3.8, 4) is 22.2 Å². The maximum atomic E-state index is 14.9. The van der Waals surface area contributed by atoms with Gasteiger partial charge in [0.05, 0.1) is 34.5 Å². The Balaban J connectivity index is 1.29. The number of rotatable bonds is 11. The zero-order valence-corrected chi connectivity index (χ0v) is 24.3. The molecule has 41 heavy (non-hydrogen) atoms. The van der Waals surface area contributed by atoms with Gasteiger partial charge in [0, 0.05) is 58.3 Å². The highest BCUT2D eigenvalue weighted by atomic mass is 32.1. The number of carbonyl (C=O) groups is 2. The molecule has 0 spiro atoms. The highest BCUT2D eigenvalue weighted by molar-refractivity contribution is 7.22. The second-order valence-electron chi connectivity index (χ2n) is 10.6. The monoisotopic (exact) mass is 579 g/mol. The van der Waals surface area contributed by atoms with Crippen LogP contribution in [0.5, 0.6) is 11.5 Å². The van der Waals surface area contributed by atoms with Crippen LogP contribution in [0.4, 0.5) is 4.39 Å². The fourth-order valence-corrected chi connectivity index (χ4v) is 5.91. The van der Waals surface area contributed by atoms with Gasteiger partial charge in [-0.3, -0.25) is 19.5 Å². The van der Waals surface area contributed by atoms with Crippen LogP contribution >= 0.6 is 11.3 Å². The molecule has 0 radical (unpaired) electrons. The van der Waals surface area contributed by atoms with Gasteiger partial charge in [0.1, 0.15) is 23.1 Å². The molecule has 9 nitrogen and oxygen atoms in total. The molecule has 5 rings (SSSR count). The van der Waals surface area contributed by atoms with Crippen LogP contribution in [0.15, 0.2) is 42.7 Å². The molecule has 0 saturated carbocycles. The third-order valence-electron chi connectivity index (χ3n) is 6.89. The van der Waals surface area contributed by atoms with Crippen LogP contribution in [0.25, 0.3) is 20.9 Å². The lowest BCUT2D eigenvalue weighted by Crippen LogP contribution is -2.41. The van der Waals surface area contributed by atoms with E-state index in [0.717, 1.165) is 42.4 Å². The van der Waals surface area contributed by atoms with Crippen molar-refractivity contribution in [2.45, 2.75) is 26.7 Å². The molecule has 216 valence electrons. The Morgan fingerprint density at radius 1 is 1.15 bits per heavy atom. The molecular weight excluding hydrogens is 545 g/mol. The van der Waals surface area contributed by atoms with Crippen molar-refractivity contribution in [2.24, 2.45) is 13.0 Å². The number of fused-ring (bicyclic) bond motifs is 1. The minimum atomic E-state index is -0.532. The Hall–Kier alpha value is -3.67. The van der Waals surface area contributed by atoms with Crippen LogP contribution in [0.1, 0.15) is 36.3 Å². The first-order valence-corrected chi connectivity index (χ1v) is 14.6. The highest BCUT2D eigenvalue weighted by Gasteiger charge is 2.19. The van der Waals surface area contributed by atoms with E-state index in [9.17, 15) is 14.0 Å². The SMILES string of the molecule is CC(C)CC(=O)Cc1ccc(Oc2ccnc3cc(-c4ncc(C(=O)NCCN5CCOCC5)n4C)sc23)c(F)c1. The molecule has 1 N–H and O–H groups in total. The molecular formula is C30H34FN5O4S. The van der Waals surface area contributed by atoms with E-state index >= 15 is 0 Å². The standard InChI is InChI=1S/C30H34FN5O4S/c1-19(2)14-21(37)15-20-4-5-25(22(31)16-20)40-26-6-7-32-23-17-27(41-28(23)26)29-34-18-24(35(29)3)30(38)33-8-9-36-10-12-39-13-11-36/h4-7,16-19H,8-15H2,1-3H3,(H,33,38). The summed E-state index contributed by atoms with van der Waals surface area (Å²) in [7, 11) is 1.80. The second-order valence-corrected chi connectivity index (χ2v) is 11.6. The van der Waals surface area contributed by atoms with Crippen LogP contribution in [0.2, 0.25) is 0 Å². The Morgan fingerprint density at radius 2 is 1.95 bits per heavy atom. The van der Waals surface area contributed by atoms with Crippen molar-refractivity contribution in [3.05, 3.63) is 59.8 Å². The van der Waals surface area contributed by atoms with E-state index in [-0.39, 0.29) is 29.8 Å². The van der Waals surface area contributed by atoms with Crippen molar-refractivity contribution in [3.63, 3.8) is 0 Å². The minimum Gasteiger partial charge on any atom is -0.453 e. The number of aromatic nitrogens is 3. The number of amides is 1. The van der Waals surface area contributed by atoms with E-state index in [1.54, 1.807) is 42.2 Å². The molecule has 4 aromatic rings. The zero-order chi connectivity index (χ0) is 28.9. The first kappa shape index (κ1) is 28.8. The first-order chi connectivity index (χ1) is 19.8. The molecule has 0 aliphatic carbocycles. The maximum absolute atomic E-state index is 14.9. The summed E-state index contributed by atoms with van der Waals surface area (Å²) in [5.74, 6) is 0.781. The molecule has 1 saturated heterocycles. The molecule has 1 aliphatic rings. The number of imidazole rings is 1. The van der Waals surface area contributed by atoms with Gasteiger partial charge in [0.2, 0.25) is 0 Å². The van der Waals surface area contributed by atoms with Gasteiger partial charge < -0.3 is 19.4 Å². The van der Waals surface area contributed by atoms with Crippen molar-refractivity contribution in [1.82, 2.24) is 24.8 Å². The summed E-state index contributed by atoms with van der Waals surface area (Å²) >= 11 is 1.41. The maximum Gasteiger partial charge on any atom is 0.269 e. The Kier molecular flexibility index (Phi) is 9.06. The Bertz CT molecular complexity index is 1540. The number of halogens is 1. The number of ether oxygens (including phenoxy) is 2. The number of nitrogens with one attached hydrogen (secondary N) is 1. The molecule has 1 aromatic carbocycles. The molecule has 1 aliphatic heterocycles. The lowest BCUT2D eigenvalue weighted by atomic mass is 10.0. The van der Waals surface area contributed by atoms with Crippen molar-refractivity contribution in [2.75, 3.05) is 39.4 Å². The number of hydrogen-bond donors (Lipinski definition) is 1. The Labute approximate surface area is 242 Å². The molecule has 0 atom stereocenters. The van der Waals surface area contributed by atoms with Gasteiger partial charge >= 0.3 is 0 Å². The van der Waals surface area contributed by atoms with Gasteiger partial charge in [0.25, 0.3) is 5.91 Å². The number of nitrogens with zero attached hydrogens (tertiary/aromatic N) is 4. The van der Waals surface area contributed by atoms with E-state index in [1.165, 1.54) is 17.4 Å². The number of Topliss-reactive ketones (excluding diaryl/α,β-unsaturated/α-hetero) is 1. The topological polar surface area (TPSA) is 98.6 Å². The largest absolute Gasteiger partial charge is 0.453 e. The number of ketones is 1. The predicted octanol–water partition coefficient (Wildman–Crippen LogP) is 4.85. The van der Waals surface area contributed by atoms with Gasteiger partial charge in [-0.25, -0.2) is 9.37 Å².